The average molecular weight is 310 g/mol. The number of carbonyl (C=O) groups is 1. The summed E-state index contributed by atoms with van der Waals surface area (Å²) in [6, 6.07) is 0. The van der Waals surface area contributed by atoms with Gasteiger partial charge in [-0.25, -0.2) is 0 Å². The Morgan fingerprint density at radius 2 is 2.10 bits per heavy atom. The molecule has 1 amide bonds. The molecule has 2 aromatic rings. The van der Waals surface area contributed by atoms with Gasteiger partial charge in [-0.2, -0.15) is 10.2 Å². The van der Waals surface area contributed by atoms with Gasteiger partial charge in [0.05, 0.1) is 17.4 Å². The van der Waals surface area contributed by atoms with Gasteiger partial charge in [-0.05, 0) is 32.8 Å². The fourth-order valence-electron chi connectivity index (χ4n) is 1.96. The van der Waals surface area contributed by atoms with Crippen molar-refractivity contribution in [1.82, 2.24) is 24.9 Å². The molecule has 0 spiro atoms. The SMILES string of the molecule is Cc1cnn(CCCNC(=O)C(C)(C)n2cc(Cl)cn2)c1. The van der Waals surface area contributed by atoms with Crippen molar-refractivity contribution >= 4 is 17.5 Å². The molecule has 2 heterocycles. The third-order valence-corrected chi connectivity index (χ3v) is 3.49. The molecule has 114 valence electrons. The van der Waals surface area contributed by atoms with E-state index in [9.17, 15) is 4.79 Å². The maximum atomic E-state index is 12.3. The van der Waals surface area contributed by atoms with Crippen molar-refractivity contribution < 1.29 is 4.79 Å². The predicted molar refractivity (Wildman–Crippen MR) is 81.1 cm³/mol. The van der Waals surface area contributed by atoms with E-state index in [2.05, 4.69) is 15.5 Å². The molecule has 0 aliphatic carbocycles. The van der Waals surface area contributed by atoms with E-state index in [0.717, 1.165) is 18.5 Å². The summed E-state index contributed by atoms with van der Waals surface area (Å²) in [4.78, 5) is 12.3. The number of aryl methyl sites for hydroxylation is 2. The number of nitrogens with one attached hydrogen (secondary N) is 1. The summed E-state index contributed by atoms with van der Waals surface area (Å²) in [5.74, 6) is -0.0843. The summed E-state index contributed by atoms with van der Waals surface area (Å²) in [6.45, 7) is 6.99. The van der Waals surface area contributed by atoms with Gasteiger partial charge in [-0.3, -0.25) is 14.2 Å². The highest BCUT2D eigenvalue weighted by molar-refractivity contribution is 6.30. The topological polar surface area (TPSA) is 64.7 Å². The van der Waals surface area contributed by atoms with Gasteiger partial charge >= 0.3 is 0 Å². The van der Waals surface area contributed by atoms with Crippen LogP contribution < -0.4 is 5.32 Å². The van der Waals surface area contributed by atoms with Crippen LogP contribution in [0.1, 0.15) is 25.8 Å². The van der Waals surface area contributed by atoms with Gasteiger partial charge in [0.15, 0.2) is 0 Å². The molecule has 0 atom stereocenters. The van der Waals surface area contributed by atoms with E-state index in [1.165, 1.54) is 6.20 Å². The quantitative estimate of drug-likeness (QED) is 0.830. The van der Waals surface area contributed by atoms with E-state index in [-0.39, 0.29) is 5.91 Å². The second kappa shape index (κ2) is 6.30. The number of rotatable bonds is 6. The zero-order valence-electron chi connectivity index (χ0n) is 12.5. The van der Waals surface area contributed by atoms with Crippen molar-refractivity contribution in [2.24, 2.45) is 0 Å². The summed E-state index contributed by atoms with van der Waals surface area (Å²) in [5.41, 5.74) is 0.367. The molecule has 0 aliphatic heterocycles. The van der Waals surface area contributed by atoms with E-state index in [1.807, 2.05) is 37.8 Å². The average Bonchev–Trinajstić information content (AvgIpc) is 3.03. The molecule has 0 aromatic carbocycles. The number of halogens is 1. The Bertz CT molecular complexity index is 616. The third kappa shape index (κ3) is 3.85. The first-order valence-electron chi connectivity index (χ1n) is 6.87. The molecule has 6 nitrogen and oxygen atoms in total. The van der Waals surface area contributed by atoms with Gasteiger partial charge in [0.2, 0.25) is 5.91 Å². The predicted octanol–water partition coefficient (Wildman–Crippen LogP) is 1.98. The summed E-state index contributed by atoms with van der Waals surface area (Å²) < 4.78 is 3.45. The van der Waals surface area contributed by atoms with E-state index in [1.54, 1.807) is 10.9 Å². The highest BCUT2D eigenvalue weighted by atomic mass is 35.5. The van der Waals surface area contributed by atoms with Crippen LogP contribution >= 0.6 is 11.6 Å². The van der Waals surface area contributed by atoms with Crippen molar-refractivity contribution in [3.8, 4) is 0 Å². The zero-order chi connectivity index (χ0) is 15.5. The first-order chi connectivity index (χ1) is 9.89. The van der Waals surface area contributed by atoms with Crippen molar-refractivity contribution in [1.29, 1.82) is 0 Å². The molecule has 7 heteroatoms. The summed E-state index contributed by atoms with van der Waals surface area (Å²) in [7, 11) is 0. The summed E-state index contributed by atoms with van der Waals surface area (Å²) in [5, 5.41) is 11.7. The van der Waals surface area contributed by atoms with E-state index < -0.39 is 5.54 Å². The molecule has 0 bridgehead atoms. The normalized spacial score (nSPS) is 11.6. The van der Waals surface area contributed by atoms with Gasteiger partial charge < -0.3 is 5.32 Å². The van der Waals surface area contributed by atoms with Crippen molar-refractivity contribution in [3.63, 3.8) is 0 Å². The van der Waals surface area contributed by atoms with Crippen LogP contribution in [0.3, 0.4) is 0 Å². The fourth-order valence-corrected chi connectivity index (χ4v) is 2.10. The van der Waals surface area contributed by atoms with Crippen molar-refractivity contribution in [2.75, 3.05) is 6.54 Å². The van der Waals surface area contributed by atoms with Crippen LogP contribution in [0, 0.1) is 6.92 Å². The lowest BCUT2D eigenvalue weighted by molar-refractivity contribution is -0.128. The lowest BCUT2D eigenvalue weighted by Gasteiger charge is -2.24. The van der Waals surface area contributed by atoms with Gasteiger partial charge in [0.25, 0.3) is 0 Å². The maximum absolute atomic E-state index is 12.3. The van der Waals surface area contributed by atoms with Crippen LogP contribution in [0.5, 0.6) is 0 Å². The number of nitrogens with zero attached hydrogens (tertiary/aromatic N) is 4. The molecule has 2 rings (SSSR count). The Hall–Kier alpha value is -1.82. The molecular formula is C14H20ClN5O. The van der Waals surface area contributed by atoms with Crippen LogP contribution in [-0.4, -0.2) is 32.0 Å². The summed E-state index contributed by atoms with van der Waals surface area (Å²) >= 11 is 5.84. The lowest BCUT2D eigenvalue weighted by Crippen LogP contribution is -2.45. The Morgan fingerprint density at radius 1 is 1.33 bits per heavy atom. The highest BCUT2D eigenvalue weighted by Gasteiger charge is 2.30. The van der Waals surface area contributed by atoms with Crippen LogP contribution in [-0.2, 0) is 16.9 Å². The minimum Gasteiger partial charge on any atom is -0.354 e. The minimum atomic E-state index is -0.768. The molecule has 21 heavy (non-hydrogen) atoms. The Kier molecular flexibility index (Phi) is 4.67. The molecule has 1 N–H and O–H groups in total. The molecule has 0 aliphatic rings. The second-order valence-electron chi connectivity index (χ2n) is 5.55. The lowest BCUT2D eigenvalue weighted by atomic mass is 10.1. The third-order valence-electron chi connectivity index (χ3n) is 3.29. The molecular weight excluding hydrogens is 290 g/mol. The monoisotopic (exact) mass is 309 g/mol. The van der Waals surface area contributed by atoms with E-state index in [4.69, 9.17) is 11.6 Å². The van der Waals surface area contributed by atoms with Crippen molar-refractivity contribution in [3.05, 3.63) is 35.4 Å². The maximum Gasteiger partial charge on any atom is 0.247 e. The van der Waals surface area contributed by atoms with Gasteiger partial charge in [-0.1, -0.05) is 11.6 Å². The number of carbonyl (C=O) groups excluding carboxylic acids is 1. The number of amides is 1. The molecule has 0 unspecified atom stereocenters. The second-order valence-corrected chi connectivity index (χ2v) is 5.99. The number of hydrogen-bond acceptors (Lipinski definition) is 3. The number of hydrogen-bond donors (Lipinski definition) is 1. The summed E-state index contributed by atoms with van der Waals surface area (Å²) in [6.07, 6.45) is 7.80. The standard InChI is InChI=1S/C14H20ClN5O/c1-11-7-17-19(9-11)6-4-5-16-13(21)14(2,3)20-10-12(15)8-18-20/h7-10H,4-6H2,1-3H3,(H,16,21). The van der Waals surface area contributed by atoms with Crippen LogP contribution in [0.25, 0.3) is 0 Å². The fraction of sp³-hybridized carbons (Fsp3) is 0.500. The largest absolute Gasteiger partial charge is 0.354 e. The molecule has 2 aromatic heterocycles. The minimum absolute atomic E-state index is 0.0843. The van der Waals surface area contributed by atoms with Crippen LogP contribution in [0.2, 0.25) is 5.02 Å². The van der Waals surface area contributed by atoms with Gasteiger partial charge in [0, 0.05) is 25.5 Å². The Labute approximate surface area is 129 Å². The smallest absolute Gasteiger partial charge is 0.247 e. The zero-order valence-corrected chi connectivity index (χ0v) is 13.3. The Balaban J connectivity index is 1.81. The Morgan fingerprint density at radius 3 is 2.67 bits per heavy atom. The van der Waals surface area contributed by atoms with E-state index in [0.29, 0.717) is 11.6 Å². The van der Waals surface area contributed by atoms with E-state index >= 15 is 0 Å². The van der Waals surface area contributed by atoms with Crippen molar-refractivity contribution in [2.45, 2.75) is 39.3 Å². The molecule has 0 saturated carbocycles. The molecule has 0 saturated heterocycles. The number of aromatic nitrogens is 4. The van der Waals surface area contributed by atoms with Gasteiger partial charge in [0.1, 0.15) is 5.54 Å². The van der Waals surface area contributed by atoms with Crippen LogP contribution in [0.15, 0.2) is 24.8 Å². The van der Waals surface area contributed by atoms with Gasteiger partial charge in [-0.15, -0.1) is 0 Å². The molecule has 0 fully saturated rings. The first-order valence-corrected chi connectivity index (χ1v) is 7.25. The highest BCUT2D eigenvalue weighted by Crippen LogP contribution is 2.17. The first kappa shape index (κ1) is 15.6. The molecule has 0 radical (unpaired) electrons. The van der Waals surface area contributed by atoms with Crippen LogP contribution in [0.4, 0.5) is 0 Å².